The van der Waals surface area contributed by atoms with Crippen molar-refractivity contribution in [2.24, 2.45) is 0 Å². The minimum absolute atomic E-state index is 0.826. The van der Waals surface area contributed by atoms with Crippen molar-refractivity contribution in [3.63, 3.8) is 0 Å². The molecule has 2 aromatic heterocycles. The summed E-state index contributed by atoms with van der Waals surface area (Å²) in [6.45, 7) is 4.76. The van der Waals surface area contributed by atoms with E-state index in [4.69, 9.17) is 4.52 Å². The maximum atomic E-state index is 5.20. The molecule has 0 bridgehead atoms. The minimum Gasteiger partial charge on any atom is -0.361 e. The van der Waals surface area contributed by atoms with E-state index < -0.39 is 0 Å². The Morgan fingerprint density at radius 1 is 1.19 bits per heavy atom. The van der Waals surface area contributed by atoms with Gasteiger partial charge in [0.05, 0.1) is 5.69 Å². The second-order valence-electron chi connectivity index (χ2n) is 4.91. The van der Waals surface area contributed by atoms with E-state index in [1.54, 1.807) is 11.8 Å². The molecule has 0 spiro atoms. The van der Waals surface area contributed by atoms with Crippen LogP contribution in [0.15, 0.2) is 52.4 Å². The van der Waals surface area contributed by atoms with Crippen molar-refractivity contribution in [1.82, 2.24) is 14.7 Å². The first-order chi connectivity index (χ1) is 10.2. The molecule has 4 nitrogen and oxygen atoms in total. The molecule has 3 aromatic rings. The average molecular weight is 299 g/mol. The van der Waals surface area contributed by atoms with Gasteiger partial charge in [-0.3, -0.25) is 0 Å². The predicted molar refractivity (Wildman–Crippen MR) is 83.3 cm³/mol. The highest BCUT2D eigenvalue weighted by Gasteiger charge is 2.11. The summed E-state index contributed by atoms with van der Waals surface area (Å²) < 4.78 is 7.37. The summed E-state index contributed by atoms with van der Waals surface area (Å²) in [6, 6.07) is 10.4. The fourth-order valence-corrected chi connectivity index (χ4v) is 3.29. The molecule has 0 radical (unpaired) electrons. The Hall–Kier alpha value is -2.01. The third-order valence-corrected chi connectivity index (χ3v) is 4.43. The summed E-state index contributed by atoms with van der Waals surface area (Å²) in [5.74, 6) is 1.72. The van der Waals surface area contributed by atoms with Crippen LogP contribution in [0.3, 0.4) is 0 Å². The molecule has 5 heteroatoms. The molecule has 21 heavy (non-hydrogen) atoms. The van der Waals surface area contributed by atoms with Gasteiger partial charge < -0.3 is 9.09 Å². The van der Waals surface area contributed by atoms with E-state index in [0.29, 0.717) is 0 Å². The Morgan fingerprint density at radius 2 is 2.00 bits per heavy atom. The molecule has 0 atom stereocenters. The number of nitrogens with zero attached hydrogens (tertiary/aromatic N) is 3. The molecule has 0 amide bonds. The number of hydrogen-bond acceptors (Lipinski definition) is 4. The fourth-order valence-electron chi connectivity index (χ4n) is 2.18. The van der Waals surface area contributed by atoms with Crippen LogP contribution in [0, 0.1) is 13.8 Å². The van der Waals surface area contributed by atoms with Gasteiger partial charge in [-0.2, -0.15) is 0 Å². The summed E-state index contributed by atoms with van der Waals surface area (Å²) in [5.41, 5.74) is 3.39. The lowest BCUT2D eigenvalue weighted by molar-refractivity contribution is 0.392. The van der Waals surface area contributed by atoms with E-state index in [1.165, 1.54) is 5.56 Å². The van der Waals surface area contributed by atoms with Crippen molar-refractivity contribution >= 4 is 11.8 Å². The number of aryl methyl sites for hydroxylation is 2. The van der Waals surface area contributed by atoms with Crippen LogP contribution in [0.2, 0.25) is 0 Å². The van der Waals surface area contributed by atoms with E-state index in [0.717, 1.165) is 34.5 Å². The summed E-state index contributed by atoms with van der Waals surface area (Å²) in [5, 5.41) is 5.00. The molecule has 0 N–H and O–H groups in total. The molecular weight excluding hydrogens is 282 g/mol. The second-order valence-corrected chi connectivity index (χ2v) is 5.86. The summed E-state index contributed by atoms with van der Waals surface area (Å²) in [6.07, 6.45) is 3.86. The number of hydrogen-bond donors (Lipinski definition) is 0. The van der Waals surface area contributed by atoms with Gasteiger partial charge in [-0.05, 0) is 19.4 Å². The van der Waals surface area contributed by atoms with Crippen molar-refractivity contribution < 1.29 is 4.52 Å². The number of rotatable bonds is 5. The number of imidazole rings is 1. The maximum absolute atomic E-state index is 5.20. The van der Waals surface area contributed by atoms with E-state index >= 15 is 0 Å². The van der Waals surface area contributed by atoms with Crippen molar-refractivity contribution in [3.05, 3.63) is 65.3 Å². The molecule has 0 fully saturated rings. The van der Waals surface area contributed by atoms with E-state index in [2.05, 4.69) is 39.0 Å². The summed E-state index contributed by atoms with van der Waals surface area (Å²) in [4.78, 5) is 4.45. The van der Waals surface area contributed by atoms with Crippen LogP contribution >= 0.6 is 11.8 Å². The molecule has 1 aromatic carbocycles. The van der Waals surface area contributed by atoms with Gasteiger partial charge in [-0.15, -0.1) is 0 Å². The maximum Gasteiger partial charge on any atom is 0.168 e. The summed E-state index contributed by atoms with van der Waals surface area (Å²) in [7, 11) is 0. The van der Waals surface area contributed by atoms with Crippen molar-refractivity contribution in [2.75, 3.05) is 0 Å². The lowest BCUT2D eigenvalue weighted by Gasteiger charge is -2.07. The van der Waals surface area contributed by atoms with Crippen LogP contribution < -0.4 is 0 Å². The molecule has 0 saturated heterocycles. The minimum atomic E-state index is 0.826. The smallest absolute Gasteiger partial charge is 0.168 e. The SMILES string of the molecule is Cc1noc(C)c1CSc1nccn1Cc1ccccc1. The van der Waals surface area contributed by atoms with Gasteiger partial charge in [0.1, 0.15) is 5.76 Å². The monoisotopic (exact) mass is 299 g/mol. The van der Waals surface area contributed by atoms with Crippen LogP contribution in [-0.2, 0) is 12.3 Å². The Balaban J connectivity index is 1.71. The van der Waals surface area contributed by atoms with Crippen molar-refractivity contribution in [2.45, 2.75) is 31.3 Å². The largest absolute Gasteiger partial charge is 0.361 e. The molecule has 0 aliphatic heterocycles. The first-order valence-electron chi connectivity index (χ1n) is 6.83. The molecule has 0 saturated carbocycles. The Bertz CT molecular complexity index is 699. The molecule has 0 aliphatic rings. The summed E-state index contributed by atoms with van der Waals surface area (Å²) >= 11 is 1.71. The lowest BCUT2D eigenvalue weighted by Crippen LogP contribution is -2.00. The fraction of sp³-hybridized carbons (Fsp3) is 0.250. The molecule has 0 aliphatic carbocycles. The van der Waals surface area contributed by atoms with Crippen molar-refractivity contribution in [3.8, 4) is 0 Å². The van der Waals surface area contributed by atoms with Crippen LogP contribution in [-0.4, -0.2) is 14.7 Å². The zero-order valence-corrected chi connectivity index (χ0v) is 12.9. The highest BCUT2D eigenvalue weighted by atomic mass is 32.2. The number of aromatic nitrogens is 3. The van der Waals surface area contributed by atoms with Gasteiger partial charge in [0.15, 0.2) is 5.16 Å². The quantitative estimate of drug-likeness (QED) is 0.672. The Morgan fingerprint density at radius 3 is 2.71 bits per heavy atom. The highest BCUT2D eigenvalue weighted by molar-refractivity contribution is 7.98. The first kappa shape index (κ1) is 13.9. The Labute approximate surface area is 128 Å². The number of benzene rings is 1. The topological polar surface area (TPSA) is 43.9 Å². The third-order valence-electron chi connectivity index (χ3n) is 3.40. The molecule has 3 rings (SSSR count). The second kappa shape index (κ2) is 6.18. The molecule has 0 unspecified atom stereocenters. The average Bonchev–Trinajstić information content (AvgIpc) is 3.06. The van der Waals surface area contributed by atoms with E-state index in [-0.39, 0.29) is 0 Å². The normalized spacial score (nSPS) is 11.0. The standard InChI is InChI=1S/C16H17N3OS/c1-12-15(13(2)20-18-12)11-21-16-17-8-9-19(16)10-14-6-4-3-5-7-14/h3-9H,10-11H2,1-2H3. The van der Waals surface area contributed by atoms with Crippen LogP contribution in [0.4, 0.5) is 0 Å². The van der Waals surface area contributed by atoms with Crippen molar-refractivity contribution in [1.29, 1.82) is 0 Å². The molecular formula is C16H17N3OS. The molecule has 2 heterocycles. The first-order valence-corrected chi connectivity index (χ1v) is 7.82. The third kappa shape index (κ3) is 3.19. The molecule has 108 valence electrons. The van der Waals surface area contributed by atoms with E-state index in [1.807, 2.05) is 32.3 Å². The van der Waals surface area contributed by atoms with E-state index in [9.17, 15) is 0 Å². The van der Waals surface area contributed by atoms with Gasteiger partial charge >= 0.3 is 0 Å². The highest BCUT2D eigenvalue weighted by Crippen LogP contribution is 2.25. The van der Waals surface area contributed by atoms with Crippen LogP contribution in [0.5, 0.6) is 0 Å². The lowest BCUT2D eigenvalue weighted by atomic mass is 10.2. The zero-order valence-electron chi connectivity index (χ0n) is 12.1. The predicted octanol–water partition coefficient (Wildman–Crippen LogP) is 3.83. The van der Waals surface area contributed by atoms with Crippen LogP contribution in [0.1, 0.15) is 22.6 Å². The van der Waals surface area contributed by atoms with Gasteiger partial charge in [0, 0.05) is 30.3 Å². The Kier molecular flexibility index (Phi) is 4.10. The van der Waals surface area contributed by atoms with Gasteiger partial charge in [-0.1, -0.05) is 47.3 Å². The van der Waals surface area contributed by atoms with Gasteiger partial charge in [-0.25, -0.2) is 4.98 Å². The van der Waals surface area contributed by atoms with Crippen LogP contribution in [0.25, 0.3) is 0 Å². The number of thioether (sulfide) groups is 1. The zero-order chi connectivity index (χ0) is 14.7. The van der Waals surface area contributed by atoms with Gasteiger partial charge in [0.25, 0.3) is 0 Å². The van der Waals surface area contributed by atoms with Gasteiger partial charge in [0.2, 0.25) is 0 Å².